The van der Waals surface area contributed by atoms with Crippen molar-refractivity contribution in [2.24, 2.45) is 0 Å². The fourth-order valence-corrected chi connectivity index (χ4v) is 3.58. The lowest BCUT2D eigenvalue weighted by Crippen LogP contribution is -2.17. The molecule has 0 spiro atoms. The highest BCUT2D eigenvalue weighted by molar-refractivity contribution is 7.92. The summed E-state index contributed by atoms with van der Waals surface area (Å²) >= 11 is 0. The Kier molecular flexibility index (Phi) is 8.41. The van der Waals surface area contributed by atoms with E-state index in [0.29, 0.717) is 16.8 Å². The molecule has 3 N–H and O–H groups in total. The van der Waals surface area contributed by atoms with Gasteiger partial charge in [-0.25, -0.2) is 8.42 Å². The monoisotopic (exact) mass is 494 g/mol. The Morgan fingerprint density at radius 3 is 1.65 bits per heavy atom. The summed E-state index contributed by atoms with van der Waals surface area (Å²) in [6.07, 6.45) is -4.85. The van der Waals surface area contributed by atoms with Gasteiger partial charge in [0.25, 0.3) is 10.0 Å². The number of nitrogen functional groups attached to an aromatic ring is 1. The number of nitrogens with one attached hydrogen (secondary N) is 1. The molecular weight excluding hydrogens is 473 g/mol. The molecule has 0 aliphatic rings. The molecular formula is C23H21F3N2O5S. The van der Waals surface area contributed by atoms with Crippen molar-refractivity contribution in [2.45, 2.75) is 25.1 Å². The molecule has 0 fully saturated rings. The first-order valence-electron chi connectivity index (χ1n) is 9.63. The van der Waals surface area contributed by atoms with Crippen molar-refractivity contribution < 1.29 is 35.9 Å². The number of ketones is 2. The van der Waals surface area contributed by atoms with Gasteiger partial charge in [0.05, 0.1) is 4.90 Å². The Morgan fingerprint density at radius 1 is 0.794 bits per heavy atom. The van der Waals surface area contributed by atoms with Gasteiger partial charge in [0.15, 0.2) is 11.6 Å². The van der Waals surface area contributed by atoms with Crippen molar-refractivity contribution >= 4 is 33.0 Å². The van der Waals surface area contributed by atoms with Crippen molar-refractivity contribution in [3.05, 3.63) is 83.9 Å². The molecule has 3 aromatic rings. The van der Waals surface area contributed by atoms with E-state index in [0.717, 1.165) is 24.3 Å². The van der Waals surface area contributed by atoms with E-state index in [1.54, 1.807) is 24.3 Å². The van der Waals surface area contributed by atoms with Crippen LogP contribution in [0.1, 0.15) is 34.6 Å². The number of nitrogens with two attached hydrogens (primary N) is 1. The van der Waals surface area contributed by atoms with Crippen molar-refractivity contribution in [3.8, 4) is 5.75 Å². The Labute approximate surface area is 194 Å². The van der Waals surface area contributed by atoms with Gasteiger partial charge >= 0.3 is 6.36 Å². The molecule has 3 rings (SSSR count). The van der Waals surface area contributed by atoms with Crippen LogP contribution in [0.3, 0.4) is 0 Å². The van der Waals surface area contributed by atoms with Gasteiger partial charge in [-0.05, 0) is 86.6 Å². The minimum atomic E-state index is -4.85. The van der Waals surface area contributed by atoms with Gasteiger partial charge < -0.3 is 10.5 Å². The van der Waals surface area contributed by atoms with Crippen LogP contribution < -0.4 is 15.2 Å². The topological polar surface area (TPSA) is 116 Å². The number of carbonyl (C=O) groups is 2. The maximum atomic E-state index is 12.2. The molecule has 0 aromatic heterocycles. The Balaban J connectivity index is 0.000000340. The number of hydrogen-bond acceptors (Lipinski definition) is 6. The molecule has 0 aliphatic carbocycles. The second-order valence-electron chi connectivity index (χ2n) is 6.94. The van der Waals surface area contributed by atoms with Crippen LogP contribution in [-0.4, -0.2) is 26.3 Å². The summed E-state index contributed by atoms with van der Waals surface area (Å²) in [7, 11) is -3.98. The van der Waals surface area contributed by atoms with Crippen LogP contribution in [0.2, 0.25) is 0 Å². The SMILES string of the molecule is CC(=O)c1ccc(N)cc1.CC(=O)c1ccc(NS(=O)(=O)c2ccc(OC(F)(F)F)cc2)cc1. The standard InChI is InChI=1S/C15H12F3NO4S.C8H9NO/c1-10(20)11-2-4-12(5-3-11)19-24(21,22)14-8-6-13(7-9-14)23-15(16,17)18;1-6(10)7-2-4-8(9)5-3-7/h2-9,19H,1H3;2-5H,9H2,1H3. The molecule has 0 bridgehead atoms. The number of hydrogen-bond donors (Lipinski definition) is 2. The molecule has 0 aliphatic heterocycles. The zero-order valence-electron chi connectivity index (χ0n) is 18.1. The summed E-state index contributed by atoms with van der Waals surface area (Å²) in [5.74, 6) is -0.614. The Bertz CT molecular complexity index is 1240. The fourth-order valence-electron chi connectivity index (χ4n) is 2.53. The predicted octanol–water partition coefficient (Wildman–Crippen LogP) is 5.06. The fraction of sp³-hybridized carbons (Fsp3) is 0.130. The van der Waals surface area contributed by atoms with Crippen LogP contribution in [0.25, 0.3) is 0 Å². The first-order valence-corrected chi connectivity index (χ1v) is 11.1. The summed E-state index contributed by atoms with van der Waals surface area (Å²) in [4.78, 5) is 21.7. The van der Waals surface area contributed by atoms with Crippen molar-refractivity contribution in [2.75, 3.05) is 10.5 Å². The molecule has 0 amide bonds. The van der Waals surface area contributed by atoms with Crippen molar-refractivity contribution in [1.29, 1.82) is 0 Å². The number of alkyl halides is 3. The number of rotatable bonds is 6. The summed E-state index contributed by atoms with van der Waals surface area (Å²) in [5, 5.41) is 0. The molecule has 0 saturated heterocycles. The van der Waals surface area contributed by atoms with E-state index < -0.39 is 22.1 Å². The molecule has 7 nitrogen and oxygen atoms in total. The summed E-state index contributed by atoms with van der Waals surface area (Å²) in [6.45, 7) is 2.91. The number of ether oxygens (including phenoxy) is 1. The van der Waals surface area contributed by atoms with Crippen molar-refractivity contribution in [3.63, 3.8) is 0 Å². The molecule has 11 heteroatoms. The largest absolute Gasteiger partial charge is 0.573 e. The van der Waals surface area contributed by atoms with Crippen LogP contribution >= 0.6 is 0 Å². The first kappa shape index (κ1) is 26.4. The highest BCUT2D eigenvalue weighted by Crippen LogP contribution is 2.24. The third-order valence-corrected chi connectivity index (χ3v) is 5.63. The molecule has 0 radical (unpaired) electrons. The smallest absolute Gasteiger partial charge is 0.406 e. The van der Waals surface area contributed by atoms with Gasteiger partial charge in [0, 0.05) is 22.5 Å². The lowest BCUT2D eigenvalue weighted by Gasteiger charge is -2.11. The first-order chi connectivity index (χ1) is 15.8. The molecule has 0 atom stereocenters. The van der Waals surface area contributed by atoms with Crippen molar-refractivity contribution in [1.82, 2.24) is 0 Å². The summed E-state index contributed by atoms with van der Waals surface area (Å²) < 4.78 is 66.5. The lowest BCUT2D eigenvalue weighted by molar-refractivity contribution is -0.274. The van der Waals surface area contributed by atoms with Crippen LogP contribution in [-0.2, 0) is 10.0 Å². The van der Waals surface area contributed by atoms with E-state index in [2.05, 4.69) is 9.46 Å². The van der Waals surface area contributed by atoms with E-state index in [9.17, 15) is 31.2 Å². The van der Waals surface area contributed by atoms with Crippen LogP contribution in [0.15, 0.2) is 77.7 Å². The van der Waals surface area contributed by atoms with E-state index in [1.165, 1.54) is 38.1 Å². The third-order valence-electron chi connectivity index (χ3n) is 4.23. The van der Waals surface area contributed by atoms with E-state index in [-0.39, 0.29) is 22.1 Å². The lowest BCUT2D eigenvalue weighted by atomic mass is 10.1. The Hall–Kier alpha value is -3.86. The quantitative estimate of drug-likeness (QED) is 0.366. The van der Waals surface area contributed by atoms with Crippen LogP contribution in [0, 0.1) is 0 Å². The summed E-state index contributed by atoms with van der Waals surface area (Å²) in [6, 6.07) is 16.4. The van der Waals surface area contributed by atoms with E-state index >= 15 is 0 Å². The van der Waals surface area contributed by atoms with Gasteiger partial charge in [0.2, 0.25) is 0 Å². The van der Waals surface area contributed by atoms with Gasteiger partial charge in [-0.3, -0.25) is 14.3 Å². The number of Topliss-reactive ketones (excluding diaryl/α,β-unsaturated/α-hetero) is 2. The highest BCUT2D eigenvalue weighted by Gasteiger charge is 2.31. The normalized spacial score (nSPS) is 11.1. The second kappa shape index (κ2) is 10.8. The van der Waals surface area contributed by atoms with E-state index in [4.69, 9.17) is 5.73 Å². The maximum absolute atomic E-state index is 12.2. The predicted molar refractivity (Wildman–Crippen MR) is 121 cm³/mol. The van der Waals surface area contributed by atoms with Gasteiger partial charge in [-0.1, -0.05) is 0 Å². The van der Waals surface area contributed by atoms with Crippen LogP contribution in [0.5, 0.6) is 5.75 Å². The maximum Gasteiger partial charge on any atom is 0.573 e. The third kappa shape index (κ3) is 8.24. The molecule has 0 saturated carbocycles. The average Bonchev–Trinajstić information content (AvgIpc) is 2.74. The molecule has 3 aromatic carbocycles. The summed E-state index contributed by atoms with van der Waals surface area (Å²) in [5.41, 5.74) is 7.44. The minimum Gasteiger partial charge on any atom is -0.406 e. The molecule has 0 unspecified atom stereocenters. The Morgan fingerprint density at radius 2 is 1.24 bits per heavy atom. The number of halogens is 3. The number of carbonyl (C=O) groups excluding carboxylic acids is 2. The van der Waals surface area contributed by atoms with E-state index in [1.807, 2.05) is 0 Å². The second-order valence-corrected chi connectivity index (χ2v) is 8.62. The number of sulfonamides is 1. The molecule has 180 valence electrons. The van der Waals surface area contributed by atoms with Gasteiger partial charge in [-0.15, -0.1) is 13.2 Å². The average molecular weight is 494 g/mol. The number of anilines is 2. The minimum absolute atomic E-state index is 0.0694. The molecule has 34 heavy (non-hydrogen) atoms. The number of benzene rings is 3. The zero-order chi connectivity index (χ0) is 25.5. The van der Waals surface area contributed by atoms with Gasteiger partial charge in [0.1, 0.15) is 5.75 Å². The highest BCUT2D eigenvalue weighted by atomic mass is 32.2. The van der Waals surface area contributed by atoms with Gasteiger partial charge in [-0.2, -0.15) is 0 Å². The molecule has 0 heterocycles. The van der Waals surface area contributed by atoms with Crippen LogP contribution in [0.4, 0.5) is 24.5 Å². The zero-order valence-corrected chi connectivity index (χ0v) is 18.9.